The van der Waals surface area contributed by atoms with Crippen molar-refractivity contribution < 1.29 is 22.5 Å². The van der Waals surface area contributed by atoms with Gasteiger partial charge in [-0.05, 0) is 44.4 Å². The second-order valence-electron chi connectivity index (χ2n) is 6.71. The van der Waals surface area contributed by atoms with E-state index in [-0.39, 0.29) is 28.7 Å². The Kier molecular flexibility index (Phi) is 5.84. The number of likely N-dealkylation sites (tertiary alicyclic amines) is 1. The van der Waals surface area contributed by atoms with Crippen LogP contribution >= 0.6 is 0 Å². The number of rotatable bonds is 6. The maximum absolute atomic E-state index is 12.9. The molecule has 2 aromatic rings. The number of hydrogen-bond donors (Lipinski definition) is 0. The van der Waals surface area contributed by atoms with Crippen molar-refractivity contribution in [1.29, 1.82) is 0 Å². The molecule has 1 aromatic carbocycles. The van der Waals surface area contributed by atoms with Gasteiger partial charge in [-0.25, -0.2) is 8.42 Å². The quantitative estimate of drug-likeness (QED) is 0.751. The molecule has 3 rings (SSSR count). The van der Waals surface area contributed by atoms with E-state index in [2.05, 4.69) is 5.16 Å². The van der Waals surface area contributed by atoms with Crippen LogP contribution in [-0.2, 0) is 14.6 Å². The molecule has 7 nitrogen and oxygen atoms in total. The van der Waals surface area contributed by atoms with E-state index in [9.17, 15) is 13.2 Å². The van der Waals surface area contributed by atoms with E-state index < -0.39 is 9.84 Å². The molecule has 1 saturated heterocycles. The number of aryl methyl sites for hydroxylation is 1. The van der Waals surface area contributed by atoms with Gasteiger partial charge >= 0.3 is 0 Å². The van der Waals surface area contributed by atoms with Crippen molar-refractivity contribution in [3.63, 3.8) is 0 Å². The van der Waals surface area contributed by atoms with Gasteiger partial charge in [-0.2, -0.15) is 0 Å². The Balaban J connectivity index is 1.80. The second-order valence-corrected chi connectivity index (χ2v) is 8.79. The lowest BCUT2D eigenvalue weighted by Gasteiger charge is -2.26. The number of amides is 1. The molecule has 0 radical (unpaired) electrons. The summed E-state index contributed by atoms with van der Waals surface area (Å²) in [5.74, 6) is 0.369. The summed E-state index contributed by atoms with van der Waals surface area (Å²) in [4.78, 5) is 14.1. The molecule has 0 N–H and O–H groups in total. The minimum absolute atomic E-state index is 0.0306. The third-order valence-corrected chi connectivity index (χ3v) is 6.44. The van der Waals surface area contributed by atoms with E-state index in [4.69, 9.17) is 9.26 Å². The summed E-state index contributed by atoms with van der Waals surface area (Å²) in [6, 6.07) is 6.56. The standard InChI is InChI=1S/C19H24N2O5S/c1-14-12-17(26-20-14)15-6-7-16(25-2)18(13-15)27(23,24)11-8-19(22)21-9-4-3-5-10-21/h6-7,12-13H,3-5,8-11H2,1-2H3. The van der Waals surface area contributed by atoms with Gasteiger partial charge in [0, 0.05) is 31.1 Å². The van der Waals surface area contributed by atoms with Gasteiger partial charge in [0.05, 0.1) is 18.6 Å². The van der Waals surface area contributed by atoms with Crippen LogP contribution in [0.4, 0.5) is 0 Å². The third-order valence-electron chi connectivity index (χ3n) is 4.70. The minimum atomic E-state index is -3.70. The molecular weight excluding hydrogens is 368 g/mol. The van der Waals surface area contributed by atoms with Crippen molar-refractivity contribution >= 4 is 15.7 Å². The summed E-state index contributed by atoms with van der Waals surface area (Å²) >= 11 is 0. The number of hydrogen-bond acceptors (Lipinski definition) is 6. The summed E-state index contributed by atoms with van der Waals surface area (Å²) in [6.45, 7) is 3.21. The molecule has 0 bridgehead atoms. The molecule has 27 heavy (non-hydrogen) atoms. The van der Waals surface area contributed by atoms with Gasteiger partial charge in [0.1, 0.15) is 10.6 Å². The average molecular weight is 392 g/mol. The molecule has 0 aliphatic carbocycles. The molecule has 1 aliphatic heterocycles. The molecule has 1 aromatic heterocycles. The molecule has 1 aliphatic rings. The monoisotopic (exact) mass is 392 g/mol. The van der Waals surface area contributed by atoms with Gasteiger partial charge in [0.2, 0.25) is 5.91 Å². The molecular formula is C19H24N2O5S. The molecule has 0 unspecified atom stereocenters. The summed E-state index contributed by atoms with van der Waals surface area (Å²) in [7, 11) is -2.27. The van der Waals surface area contributed by atoms with E-state index in [1.807, 2.05) is 0 Å². The first-order valence-corrected chi connectivity index (χ1v) is 10.7. The van der Waals surface area contributed by atoms with Crippen molar-refractivity contribution in [2.24, 2.45) is 0 Å². The van der Waals surface area contributed by atoms with E-state index in [1.165, 1.54) is 13.2 Å². The zero-order valence-corrected chi connectivity index (χ0v) is 16.4. The Morgan fingerprint density at radius 1 is 1.22 bits per heavy atom. The molecule has 8 heteroatoms. The largest absolute Gasteiger partial charge is 0.495 e. The van der Waals surface area contributed by atoms with Crippen LogP contribution in [0.3, 0.4) is 0 Å². The molecule has 0 saturated carbocycles. The molecule has 146 valence electrons. The highest BCUT2D eigenvalue weighted by atomic mass is 32.2. The molecule has 1 fully saturated rings. The lowest BCUT2D eigenvalue weighted by atomic mass is 10.1. The van der Waals surface area contributed by atoms with Crippen LogP contribution < -0.4 is 4.74 Å². The average Bonchev–Trinajstić information content (AvgIpc) is 3.12. The topological polar surface area (TPSA) is 89.7 Å². The fourth-order valence-electron chi connectivity index (χ4n) is 3.21. The van der Waals surface area contributed by atoms with Crippen molar-refractivity contribution in [2.45, 2.75) is 37.5 Å². The summed E-state index contributed by atoms with van der Waals surface area (Å²) in [5, 5.41) is 3.83. The zero-order valence-electron chi connectivity index (χ0n) is 15.6. The molecule has 2 heterocycles. The van der Waals surface area contributed by atoms with Crippen molar-refractivity contribution in [2.75, 3.05) is 26.0 Å². The second kappa shape index (κ2) is 8.12. The lowest BCUT2D eigenvalue weighted by molar-refractivity contribution is -0.131. The minimum Gasteiger partial charge on any atom is -0.495 e. The predicted molar refractivity (Wildman–Crippen MR) is 100 cm³/mol. The van der Waals surface area contributed by atoms with Gasteiger partial charge in [-0.3, -0.25) is 4.79 Å². The summed E-state index contributed by atoms with van der Waals surface area (Å²) in [6.07, 6.45) is 3.04. The van der Waals surface area contributed by atoms with Gasteiger partial charge in [-0.15, -0.1) is 0 Å². The molecule has 0 atom stereocenters. The van der Waals surface area contributed by atoms with Gasteiger partial charge in [-0.1, -0.05) is 5.16 Å². The van der Waals surface area contributed by atoms with Crippen LogP contribution in [0.2, 0.25) is 0 Å². The number of benzene rings is 1. The number of nitrogens with zero attached hydrogens (tertiary/aromatic N) is 2. The Hall–Kier alpha value is -2.35. The number of sulfone groups is 1. The summed E-state index contributed by atoms with van der Waals surface area (Å²) in [5.41, 5.74) is 1.30. The highest BCUT2D eigenvalue weighted by Crippen LogP contribution is 2.31. The predicted octanol–water partition coefficient (Wildman–Crippen LogP) is 2.83. The fraction of sp³-hybridized carbons (Fsp3) is 0.474. The van der Waals surface area contributed by atoms with Crippen LogP contribution in [0, 0.1) is 6.92 Å². The third kappa shape index (κ3) is 4.50. The van der Waals surface area contributed by atoms with Crippen LogP contribution in [-0.4, -0.2) is 50.3 Å². The highest BCUT2D eigenvalue weighted by molar-refractivity contribution is 7.91. The maximum Gasteiger partial charge on any atom is 0.223 e. The number of methoxy groups -OCH3 is 1. The molecule has 0 spiro atoms. The SMILES string of the molecule is COc1ccc(-c2cc(C)no2)cc1S(=O)(=O)CCC(=O)N1CCCCC1. The van der Waals surface area contributed by atoms with Gasteiger partial charge < -0.3 is 14.2 Å². The Morgan fingerprint density at radius 2 is 1.96 bits per heavy atom. The maximum atomic E-state index is 12.9. The van der Waals surface area contributed by atoms with Crippen LogP contribution in [0.25, 0.3) is 11.3 Å². The first-order valence-electron chi connectivity index (χ1n) is 9.03. The van der Waals surface area contributed by atoms with Crippen LogP contribution in [0.5, 0.6) is 5.75 Å². The van der Waals surface area contributed by atoms with Gasteiger partial charge in [0.25, 0.3) is 0 Å². The van der Waals surface area contributed by atoms with E-state index in [0.29, 0.717) is 30.1 Å². The normalized spacial score (nSPS) is 15.0. The Morgan fingerprint density at radius 3 is 2.59 bits per heavy atom. The van der Waals surface area contributed by atoms with E-state index >= 15 is 0 Å². The Bertz CT molecular complexity index is 914. The first kappa shape index (κ1) is 19.4. The molecule has 1 amide bonds. The first-order chi connectivity index (χ1) is 12.9. The van der Waals surface area contributed by atoms with Crippen molar-refractivity contribution in [3.8, 4) is 17.1 Å². The van der Waals surface area contributed by atoms with Crippen LogP contribution in [0.1, 0.15) is 31.4 Å². The van der Waals surface area contributed by atoms with Crippen molar-refractivity contribution in [3.05, 3.63) is 30.0 Å². The number of ether oxygens (including phenoxy) is 1. The van der Waals surface area contributed by atoms with Gasteiger partial charge in [0.15, 0.2) is 15.6 Å². The van der Waals surface area contributed by atoms with Crippen LogP contribution in [0.15, 0.2) is 33.7 Å². The fourth-order valence-corrected chi connectivity index (χ4v) is 4.63. The van der Waals surface area contributed by atoms with Crippen molar-refractivity contribution in [1.82, 2.24) is 10.1 Å². The zero-order chi connectivity index (χ0) is 19.4. The van der Waals surface area contributed by atoms with E-state index in [0.717, 1.165) is 19.3 Å². The number of aromatic nitrogens is 1. The lowest BCUT2D eigenvalue weighted by Crippen LogP contribution is -2.36. The number of carbonyl (C=O) groups is 1. The number of carbonyl (C=O) groups excluding carboxylic acids is 1. The number of piperidine rings is 1. The smallest absolute Gasteiger partial charge is 0.223 e. The summed E-state index contributed by atoms with van der Waals surface area (Å²) < 4.78 is 36.2. The van der Waals surface area contributed by atoms with E-state index in [1.54, 1.807) is 30.0 Å². The highest BCUT2D eigenvalue weighted by Gasteiger charge is 2.24. The Labute approximate surface area is 159 Å².